The van der Waals surface area contributed by atoms with Crippen LogP contribution < -0.4 is 10.5 Å². The molecular weight excluding hydrogens is 369 g/mol. The lowest BCUT2D eigenvalue weighted by Crippen LogP contribution is -2.38. The first-order chi connectivity index (χ1) is 14.1. The largest absolute Gasteiger partial charge is 0.507 e. The zero-order valence-electron chi connectivity index (χ0n) is 15.5. The molecule has 0 aliphatic carbocycles. The number of rotatable bonds is 2. The van der Waals surface area contributed by atoms with Crippen LogP contribution in [0.3, 0.4) is 0 Å². The standard InChI is InChI=1S/C24H18FNO3/c25-16-10-11-20-19(14-16)23(27)21(24(28)29-20)22-18-9-5-4-6-15(18)12-13-26(22)17-7-2-1-3-8-17/h1-11,14,22,27H,12-13H2. The van der Waals surface area contributed by atoms with Gasteiger partial charge in [0.1, 0.15) is 22.7 Å². The van der Waals surface area contributed by atoms with Crippen LogP contribution in [0.5, 0.6) is 5.75 Å². The van der Waals surface area contributed by atoms with E-state index in [0.29, 0.717) is 6.54 Å². The highest BCUT2D eigenvalue weighted by Gasteiger charge is 2.34. The van der Waals surface area contributed by atoms with Crippen molar-refractivity contribution in [2.24, 2.45) is 0 Å². The second-order valence-electron chi connectivity index (χ2n) is 7.17. The van der Waals surface area contributed by atoms with Crippen molar-refractivity contribution in [2.45, 2.75) is 12.5 Å². The molecule has 1 unspecified atom stereocenters. The molecule has 3 aromatic carbocycles. The van der Waals surface area contributed by atoms with Crippen LogP contribution >= 0.6 is 0 Å². The Morgan fingerprint density at radius 2 is 1.76 bits per heavy atom. The normalized spacial score (nSPS) is 16.0. The Bertz CT molecular complexity index is 1270. The topological polar surface area (TPSA) is 53.7 Å². The van der Waals surface area contributed by atoms with Gasteiger partial charge in [0.05, 0.1) is 11.4 Å². The van der Waals surface area contributed by atoms with Crippen LogP contribution in [0.25, 0.3) is 11.0 Å². The van der Waals surface area contributed by atoms with E-state index in [4.69, 9.17) is 4.42 Å². The van der Waals surface area contributed by atoms with Crippen LogP contribution in [0.2, 0.25) is 0 Å². The molecule has 29 heavy (non-hydrogen) atoms. The zero-order valence-corrected chi connectivity index (χ0v) is 15.5. The van der Waals surface area contributed by atoms with Gasteiger partial charge in [-0.3, -0.25) is 0 Å². The summed E-state index contributed by atoms with van der Waals surface area (Å²) in [6.45, 7) is 0.672. The Labute approximate surface area is 166 Å². The fourth-order valence-electron chi connectivity index (χ4n) is 4.19. The van der Waals surface area contributed by atoms with E-state index in [9.17, 15) is 14.3 Å². The van der Waals surface area contributed by atoms with E-state index in [1.165, 1.54) is 18.2 Å². The van der Waals surface area contributed by atoms with Gasteiger partial charge in [-0.25, -0.2) is 9.18 Å². The van der Waals surface area contributed by atoms with Gasteiger partial charge in [0, 0.05) is 12.2 Å². The third kappa shape index (κ3) is 2.86. The van der Waals surface area contributed by atoms with Crippen molar-refractivity contribution in [2.75, 3.05) is 11.4 Å². The third-order valence-corrected chi connectivity index (χ3v) is 5.52. The lowest BCUT2D eigenvalue weighted by atomic mass is 9.87. The molecule has 0 saturated carbocycles. The van der Waals surface area contributed by atoms with Crippen LogP contribution in [0.1, 0.15) is 22.7 Å². The molecule has 4 aromatic rings. The van der Waals surface area contributed by atoms with Crippen molar-refractivity contribution < 1.29 is 13.9 Å². The van der Waals surface area contributed by atoms with Crippen molar-refractivity contribution in [1.82, 2.24) is 0 Å². The molecule has 1 atom stereocenters. The van der Waals surface area contributed by atoms with E-state index in [1.807, 2.05) is 54.6 Å². The van der Waals surface area contributed by atoms with Gasteiger partial charge in [-0.1, -0.05) is 42.5 Å². The van der Waals surface area contributed by atoms with Crippen molar-refractivity contribution in [3.63, 3.8) is 0 Å². The Kier molecular flexibility index (Phi) is 4.09. The molecular formula is C24H18FNO3. The van der Waals surface area contributed by atoms with E-state index >= 15 is 0 Å². The maximum Gasteiger partial charge on any atom is 0.345 e. The average Bonchev–Trinajstić information content (AvgIpc) is 2.75. The molecule has 2 heterocycles. The lowest BCUT2D eigenvalue weighted by Gasteiger charge is -2.39. The van der Waals surface area contributed by atoms with Crippen molar-refractivity contribution in [3.05, 3.63) is 106 Å². The van der Waals surface area contributed by atoms with Gasteiger partial charge < -0.3 is 14.4 Å². The molecule has 5 rings (SSSR count). The van der Waals surface area contributed by atoms with Gasteiger partial charge >= 0.3 is 5.63 Å². The predicted molar refractivity (Wildman–Crippen MR) is 110 cm³/mol. The summed E-state index contributed by atoms with van der Waals surface area (Å²) in [6, 6.07) is 20.8. The van der Waals surface area contributed by atoms with Crippen LogP contribution in [0.4, 0.5) is 10.1 Å². The fraction of sp³-hybridized carbons (Fsp3) is 0.125. The Morgan fingerprint density at radius 1 is 1.00 bits per heavy atom. The molecule has 144 valence electrons. The number of benzene rings is 3. The molecule has 1 N–H and O–H groups in total. The smallest absolute Gasteiger partial charge is 0.345 e. The minimum Gasteiger partial charge on any atom is -0.507 e. The van der Waals surface area contributed by atoms with Crippen LogP contribution in [-0.4, -0.2) is 11.7 Å². The maximum absolute atomic E-state index is 13.8. The minimum atomic E-state index is -0.621. The van der Waals surface area contributed by atoms with Crippen LogP contribution in [0.15, 0.2) is 82.0 Å². The summed E-state index contributed by atoms with van der Waals surface area (Å²) in [7, 11) is 0. The molecule has 1 aliphatic heterocycles. The predicted octanol–water partition coefficient (Wildman–Crippen LogP) is 4.79. The molecule has 0 fully saturated rings. The van der Waals surface area contributed by atoms with Gasteiger partial charge in [0.25, 0.3) is 0 Å². The second-order valence-corrected chi connectivity index (χ2v) is 7.17. The Hall–Kier alpha value is -3.60. The molecule has 0 spiro atoms. The summed E-state index contributed by atoms with van der Waals surface area (Å²) in [5.41, 5.74) is 2.64. The number of para-hydroxylation sites is 1. The summed E-state index contributed by atoms with van der Waals surface area (Å²) < 4.78 is 19.3. The first-order valence-electron chi connectivity index (χ1n) is 9.48. The summed E-state index contributed by atoms with van der Waals surface area (Å²) in [5, 5.41) is 11.2. The van der Waals surface area contributed by atoms with Gasteiger partial charge in [-0.2, -0.15) is 0 Å². The van der Waals surface area contributed by atoms with Gasteiger partial charge in [-0.15, -0.1) is 0 Å². The van der Waals surface area contributed by atoms with Crippen LogP contribution in [-0.2, 0) is 6.42 Å². The van der Waals surface area contributed by atoms with Gasteiger partial charge in [0.2, 0.25) is 0 Å². The number of aromatic hydroxyl groups is 1. The summed E-state index contributed by atoms with van der Waals surface area (Å²) in [6.07, 6.45) is 0.815. The van der Waals surface area contributed by atoms with Gasteiger partial charge in [0.15, 0.2) is 0 Å². The van der Waals surface area contributed by atoms with Gasteiger partial charge in [-0.05, 0) is 47.9 Å². The minimum absolute atomic E-state index is 0.124. The van der Waals surface area contributed by atoms with Crippen molar-refractivity contribution in [3.8, 4) is 5.75 Å². The number of halogens is 1. The summed E-state index contributed by atoms with van der Waals surface area (Å²) in [5.74, 6) is -0.741. The highest BCUT2D eigenvalue weighted by atomic mass is 19.1. The van der Waals surface area contributed by atoms with E-state index in [2.05, 4.69) is 4.90 Å². The molecule has 0 bridgehead atoms. The first-order valence-corrected chi connectivity index (χ1v) is 9.48. The fourth-order valence-corrected chi connectivity index (χ4v) is 4.19. The van der Waals surface area contributed by atoms with Crippen molar-refractivity contribution in [1.29, 1.82) is 0 Å². The van der Waals surface area contributed by atoms with E-state index < -0.39 is 17.5 Å². The summed E-state index contributed by atoms with van der Waals surface area (Å²) >= 11 is 0. The Morgan fingerprint density at radius 3 is 2.59 bits per heavy atom. The SMILES string of the molecule is O=c1oc2ccc(F)cc2c(O)c1C1c2ccccc2CCN1c1ccccc1. The molecule has 5 heteroatoms. The van der Waals surface area contributed by atoms with E-state index in [1.54, 1.807) is 0 Å². The monoisotopic (exact) mass is 387 g/mol. The number of anilines is 1. The second kappa shape index (κ2) is 6.78. The first kappa shape index (κ1) is 17.5. The molecule has 0 saturated heterocycles. The zero-order chi connectivity index (χ0) is 20.0. The molecule has 0 radical (unpaired) electrons. The lowest BCUT2D eigenvalue weighted by molar-refractivity contribution is 0.446. The maximum atomic E-state index is 13.8. The molecule has 0 amide bonds. The number of fused-ring (bicyclic) bond motifs is 2. The highest BCUT2D eigenvalue weighted by Crippen LogP contribution is 2.41. The van der Waals surface area contributed by atoms with E-state index in [0.717, 1.165) is 23.2 Å². The molecule has 1 aromatic heterocycles. The van der Waals surface area contributed by atoms with Crippen molar-refractivity contribution >= 4 is 16.7 Å². The number of nitrogens with zero attached hydrogens (tertiary/aromatic N) is 1. The molecule has 4 nitrogen and oxygen atoms in total. The quantitative estimate of drug-likeness (QED) is 0.503. The molecule has 1 aliphatic rings. The third-order valence-electron chi connectivity index (χ3n) is 5.52. The van der Waals surface area contributed by atoms with Crippen LogP contribution in [0, 0.1) is 5.82 Å². The summed E-state index contributed by atoms with van der Waals surface area (Å²) in [4.78, 5) is 15.1. The number of hydrogen-bond donors (Lipinski definition) is 1. The Balaban J connectivity index is 1.80. The highest BCUT2D eigenvalue weighted by molar-refractivity contribution is 5.84. The average molecular weight is 387 g/mol. The number of hydrogen-bond acceptors (Lipinski definition) is 4. The van der Waals surface area contributed by atoms with E-state index in [-0.39, 0.29) is 22.3 Å².